The molecule has 0 aromatic carbocycles. The van der Waals surface area contributed by atoms with Crippen LogP contribution >= 0.6 is 0 Å². The predicted molar refractivity (Wildman–Crippen MR) is 101 cm³/mol. The van der Waals surface area contributed by atoms with Crippen LogP contribution in [-0.4, -0.2) is 6.29 Å². The standard InChI is InChI=1S/C11H22O.C10H20/c1-2-3-4-5-6-7-8-9-10-11-12;1-3-5-7-9-10-8-6-4-2/h11H,2-10H2,1H3;3H,1,4-10H2,2H3. The lowest BCUT2D eigenvalue weighted by Gasteiger charge is -1.98. The van der Waals surface area contributed by atoms with Crippen LogP contribution in [0.1, 0.15) is 117 Å². The van der Waals surface area contributed by atoms with Gasteiger partial charge >= 0.3 is 0 Å². The third kappa shape index (κ3) is 27.7. The van der Waals surface area contributed by atoms with Gasteiger partial charge in [0.25, 0.3) is 0 Å². The molecule has 0 heterocycles. The Morgan fingerprint density at radius 2 is 0.955 bits per heavy atom. The maximum Gasteiger partial charge on any atom is 0.119 e. The fourth-order valence-corrected chi connectivity index (χ4v) is 2.43. The van der Waals surface area contributed by atoms with Crippen LogP contribution in [0.2, 0.25) is 0 Å². The number of rotatable bonds is 16. The highest BCUT2D eigenvalue weighted by Crippen LogP contribution is 2.08. The van der Waals surface area contributed by atoms with Crippen molar-refractivity contribution in [1.82, 2.24) is 0 Å². The summed E-state index contributed by atoms with van der Waals surface area (Å²) in [5.41, 5.74) is 0. The second-order valence-corrected chi connectivity index (χ2v) is 6.28. The third-order valence-corrected chi connectivity index (χ3v) is 3.94. The van der Waals surface area contributed by atoms with Crippen LogP contribution in [0.3, 0.4) is 0 Å². The predicted octanol–water partition coefficient (Wildman–Crippen LogP) is 7.64. The highest BCUT2D eigenvalue weighted by molar-refractivity contribution is 5.48. The van der Waals surface area contributed by atoms with Crippen molar-refractivity contribution in [1.29, 1.82) is 0 Å². The van der Waals surface area contributed by atoms with E-state index in [1.54, 1.807) is 0 Å². The molecule has 0 unspecified atom stereocenters. The quantitative estimate of drug-likeness (QED) is 0.163. The first kappa shape index (κ1) is 23.7. The Bertz CT molecular complexity index is 198. The number of carbonyl (C=O) groups is 1. The van der Waals surface area contributed by atoms with Gasteiger partial charge in [-0.1, -0.05) is 97.0 Å². The molecule has 1 heteroatoms. The van der Waals surface area contributed by atoms with E-state index in [9.17, 15) is 4.79 Å². The molecule has 0 amide bonds. The molecule has 0 aliphatic heterocycles. The summed E-state index contributed by atoms with van der Waals surface area (Å²) in [5.74, 6) is 0. The minimum Gasteiger partial charge on any atom is -0.303 e. The minimum atomic E-state index is 0.759. The van der Waals surface area contributed by atoms with Gasteiger partial charge in [0.05, 0.1) is 0 Å². The Labute approximate surface area is 141 Å². The molecule has 0 spiro atoms. The third-order valence-electron chi connectivity index (χ3n) is 3.94. The SMILES string of the molecule is C=CCCCCCCCC.CCCCCCCCCCC=O. The van der Waals surface area contributed by atoms with Crippen molar-refractivity contribution < 1.29 is 4.79 Å². The van der Waals surface area contributed by atoms with Crippen LogP contribution in [0.15, 0.2) is 12.7 Å². The molecule has 0 saturated carbocycles. The lowest BCUT2D eigenvalue weighted by molar-refractivity contribution is -0.107. The molecular weight excluding hydrogens is 268 g/mol. The van der Waals surface area contributed by atoms with E-state index in [1.165, 1.54) is 89.9 Å². The van der Waals surface area contributed by atoms with Gasteiger partial charge in [0, 0.05) is 6.42 Å². The van der Waals surface area contributed by atoms with Gasteiger partial charge in [-0.2, -0.15) is 0 Å². The Morgan fingerprint density at radius 1 is 0.591 bits per heavy atom. The van der Waals surface area contributed by atoms with Gasteiger partial charge in [-0.25, -0.2) is 0 Å². The fraction of sp³-hybridized carbons (Fsp3) is 0.857. The van der Waals surface area contributed by atoms with Crippen LogP contribution in [0.25, 0.3) is 0 Å². The summed E-state index contributed by atoms with van der Waals surface area (Å²) in [7, 11) is 0. The maximum atomic E-state index is 9.98. The summed E-state index contributed by atoms with van der Waals surface area (Å²) >= 11 is 0. The largest absolute Gasteiger partial charge is 0.303 e. The summed E-state index contributed by atoms with van der Waals surface area (Å²) in [6.45, 7) is 8.19. The lowest BCUT2D eigenvalue weighted by atomic mass is 10.1. The maximum absolute atomic E-state index is 9.98. The first-order valence-corrected chi connectivity index (χ1v) is 9.87. The number of hydrogen-bond acceptors (Lipinski definition) is 1. The average Bonchev–Trinajstić information content (AvgIpc) is 2.54. The first-order valence-electron chi connectivity index (χ1n) is 9.87. The Balaban J connectivity index is 0. The number of unbranched alkanes of at least 4 members (excludes halogenated alkanes) is 14. The molecule has 132 valence electrons. The van der Waals surface area contributed by atoms with E-state index in [1.807, 2.05) is 6.08 Å². The van der Waals surface area contributed by atoms with E-state index in [4.69, 9.17) is 0 Å². The van der Waals surface area contributed by atoms with Crippen molar-refractivity contribution >= 4 is 6.29 Å². The molecular formula is C21H42O. The van der Waals surface area contributed by atoms with E-state index in [0.717, 1.165) is 19.1 Å². The first-order chi connectivity index (χ1) is 10.8. The number of hydrogen-bond donors (Lipinski definition) is 0. The van der Waals surface area contributed by atoms with Crippen molar-refractivity contribution in [2.24, 2.45) is 0 Å². The second-order valence-electron chi connectivity index (χ2n) is 6.28. The van der Waals surface area contributed by atoms with Crippen LogP contribution in [-0.2, 0) is 4.79 Å². The average molecular weight is 311 g/mol. The molecule has 0 aromatic rings. The van der Waals surface area contributed by atoms with Crippen LogP contribution in [0, 0.1) is 0 Å². The summed E-state index contributed by atoms with van der Waals surface area (Å²) in [6.07, 6.45) is 23.8. The molecule has 0 saturated heterocycles. The molecule has 0 aliphatic carbocycles. The second kappa shape index (κ2) is 25.4. The monoisotopic (exact) mass is 310 g/mol. The van der Waals surface area contributed by atoms with E-state index in [2.05, 4.69) is 20.4 Å². The molecule has 0 N–H and O–H groups in total. The van der Waals surface area contributed by atoms with Crippen molar-refractivity contribution in [3.8, 4) is 0 Å². The minimum absolute atomic E-state index is 0.759. The van der Waals surface area contributed by atoms with E-state index in [-0.39, 0.29) is 0 Å². The Hall–Kier alpha value is -0.590. The summed E-state index contributed by atoms with van der Waals surface area (Å²) < 4.78 is 0. The smallest absolute Gasteiger partial charge is 0.119 e. The van der Waals surface area contributed by atoms with Gasteiger partial charge in [0.2, 0.25) is 0 Å². The molecule has 0 radical (unpaired) electrons. The van der Waals surface area contributed by atoms with Crippen molar-refractivity contribution in [2.75, 3.05) is 0 Å². The zero-order chi connectivity index (χ0) is 16.7. The summed E-state index contributed by atoms with van der Waals surface area (Å²) in [4.78, 5) is 9.98. The Kier molecular flexibility index (Phi) is 27.3. The Morgan fingerprint density at radius 3 is 1.32 bits per heavy atom. The van der Waals surface area contributed by atoms with Gasteiger partial charge < -0.3 is 4.79 Å². The molecule has 0 aromatic heterocycles. The van der Waals surface area contributed by atoms with Crippen LogP contribution < -0.4 is 0 Å². The van der Waals surface area contributed by atoms with Gasteiger partial charge in [-0.15, -0.1) is 6.58 Å². The fourth-order valence-electron chi connectivity index (χ4n) is 2.43. The number of carbonyl (C=O) groups excluding carboxylic acids is 1. The molecule has 0 rings (SSSR count). The topological polar surface area (TPSA) is 17.1 Å². The van der Waals surface area contributed by atoms with E-state index >= 15 is 0 Å². The van der Waals surface area contributed by atoms with Crippen LogP contribution in [0.5, 0.6) is 0 Å². The molecule has 22 heavy (non-hydrogen) atoms. The lowest BCUT2D eigenvalue weighted by Crippen LogP contribution is -1.81. The van der Waals surface area contributed by atoms with Gasteiger partial charge in [0.1, 0.15) is 6.29 Å². The van der Waals surface area contributed by atoms with Crippen molar-refractivity contribution in [2.45, 2.75) is 117 Å². The molecule has 0 atom stereocenters. The number of aldehydes is 1. The van der Waals surface area contributed by atoms with E-state index < -0.39 is 0 Å². The number of allylic oxidation sites excluding steroid dienone is 1. The summed E-state index contributed by atoms with van der Waals surface area (Å²) in [6, 6.07) is 0. The van der Waals surface area contributed by atoms with Gasteiger partial charge in [-0.3, -0.25) is 0 Å². The van der Waals surface area contributed by atoms with Gasteiger partial charge in [-0.05, 0) is 19.3 Å². The normalized spacial score (nSPS) is 9.91. The zero-order valence-electron chi connectivity index (χ0n) is 15.6. The molecule has 0 aliphatic rings. The molecule has 0 fully saturated rings. The van der Waals surface area contributed by atoms with Crippen molar-refractivity contribution in [3.05, 3.63) is 12.7 Å². The van der Waals surface area contributed by atoms with Crippen molar-refractivity contribution in [3.63, 3.8) is 0 Å². The van der Waals surface area contributed by atoms with E-state index in [0.29, 0.717) is 0 Å². The van der Waals surface area contributed by atoms with Gasteiger partial charge in [0.15, 0.2) is 0 Å². The molecule has 1 nitrogen and oxygen atoms in total. The highest BCUT2D eigenvalue weighted by atomic mass is 16.1. The zero-order valence-corrected chi connectivity index (χ0v) is 15.6. The highest BCUT2D eigenvalue weighted by Gasteiger charge is 1.90. The molecule has 0 bridgehead atoms. The summed E-state index contributed by atoms with van der Waals surface area (Å²) in [5, 5.41) is 0. The van der Waals surface area contributed by atoms with Crippen LogP contribution in [0.4, 0.5) is 0 Å².